The fourth-order valence-electron chi connectivity index (χ4n) is 1.80. The molecule has 1 aliphatic carbocycles. The summed E-state index contributed by atoms with van der Waals surface area (Å²) in [6.07, 6.45) is 7.47. The average Bonchev–Trinajstić information content (AvgIpc) is 2.37. The summed E-state index contributed by atoms with van der Waals surface area (Å²) in [4.78, 5) is 11.2. The molecule has 1 nitrogen and oxygen atoms in total. The van der Waals surface area contributed by atoms with Gasteiger partial charge >= 0.3 is 0 Å². The molecule has 0 aliphatic heterocycles. The van der Waals surface area contributed by atoms with Gasteiger partial charge in [0.25, 0.3) is 0 Å². The van der Waals surface area contributed by atoms with Crippen molar-refractivity contribution in [2.45, 2.75) is 46.0 Å². The summed E-state index contributed by atoms with van der Waals surface area (Å²) in [5, 5.41) is 0. The Morgan fingerprint density at radius 2 is 2.25 bits per heavy atom. The van der Waals surface area contributed by atoms with Gasteiger partial charge in [0.05, 0.1) is 0 Å². The fourth-order valence-corrected chi connectivity index (χ4v) is 1.80. The van der Waals surface area contributed by atoms with Crippen molar-refractivity contribution in [3.63, 3.8) is 0 Å². The number of Topliss-reactive ketones (excluding diaryl/α,β-unsaturated/α-hetero) is 1. The van der Waals surface area contributed by atoms with E-state index in [1.807, 2.05) is 0 Å². The molecule has 0 heterocycles. The lowest BCUT2D eigenvalue weighted by Crippen LogP contribution is -1.96. The Balaban J connectivity index is 2.49. The van der Waals surface area contributed by atoms with Crippen LogP contribution >= 0.6 is 0 Å². The maximum atomic E-state index is 11.2. The molecule has 0 aromatic rings. The molecule has 1 aliphatic rings. The predicted molar refractivity (Wildman–Crippen MR) is 51.0 cm³/mol. The smallest absolute Gasteiger partial charge is 0.158 e. The topological polar surface area (TPSA) is 17.1 Å². The summed E-state index contributed by atoms with van der Waals surface area (Å²) >= 11 is 0. The normalized spacial score (nSPS) is 23.5. The van der Waals surface area contributed by atoms with Crippen LogP contribution in [0, 0.1) is 5.92 Å². The Morgan fingerprint density at radius 3 is 2.75 bits per heavy atom. The molecule has 0 bridgehead atoms. The molecule has 1 unspecified atom stereocenters. The van der Waals surface area contributed by atoms with Crippen molar-refractivity contribution in [2.24, 2.45) is 5.92 Å². The number of carbonyl (C=O) groups is 1. The molecule has 1 heteroatoms. The first kappa shape index (κ1) is 9.50. The van der Waals surface area contributed by atoms with Gasteiger partial charge in [-0.2, -0.15) is 0 Å². The largest absolute Gasteiger partial charge is 0.295 e. The molecule has 12 heavy (non-hydrogen) atoms. The van der Waals surface area contributed by atoms with Crippen molar-refractivity contribution in [1.29, 1.82) is 0 Å². The van der Waals surface area contributed by atoms with Crippen molar-refractivity contribution < 1.29 is 4.79 Å². The van der Waals surface area contributed by atoms with Crippen molar-refractivity contribution in [1.82, 2.24) is 0 Å². The highest BCUT2D eigenvalue weighted by Crippen LogP contribution is 2.22. The van der Waals surface area contributed by atoms with E-state index in [1.165, 1.54) is 12.8 Å². The first-order chi connectivity index (χ1) is 5.74. The predicted octanol–water partition coefficient (Wildman–Crippen LogP) is 3.10. The van der Waals surface area contributed by atoms with Crippen LogP contribution in [-0.4, -0.2) is 5.78 Å². The van der Waals surface area contributed by atoms with Crippen LogP contribution in [0.5, 0.6) is 0 Å². The molecule has 0 spiro atoms. The molecular weight excluding hydrogens is 148 g/mol. The molecule has 0 N–H and O–H groups in total. The van der Waals surface area contributed by atoms with Gasteiger partial charge in [0.15, 0.2) is 5.78 Å². The van der Waals surface area contributed by atoms with Gasteiger partial charge < -0.3 is 0 Å². The van der Waals surface area contributed by atoms with Crippen LogP contribution in [0.15, 0.2) is 11.6 Å². The number of rotatable bonds is 3. The molecule has 0 aromatic carbocycles. The summed E-state index contributed by atoms with van der Waals surface area (Å²) < 4.78 is 0. The van der Waals surface area contributed by atoms with Crippen LogP contribution in [0.3, 0.4) is 0 Å². The van der Waals surface area contributed by atoms with Crippen molar-refractivity contribution >= 4 is 5.78 Å². The zero-order chi connectivity index (χ0) is 8.97. The third kappa shape index (κ3) is 2.47. The van der Waals surface area contributed by atoms with Gasteiger partial charge in [-0.05, 0) is 30.8 Å². The molecule has 0 amide bonds. The zero-order valence-electron chi connectivity index (χ0n) is 8.10. The highest BCUT2D eigenvalue weighted by atomic mass is 16.1. The number of hydrogen-bond donors (Lipinski definition) is 0. The van der Waals surface area contributed by atoms with Crippen LogP contribution in [-0.2, 0) is 4.79 Å². The third-order valence-corrected chi connectivity index (χ3v) is 2.44. The summed E-state index contributed by atoms with van der Waals surface area (Å²) in [5.41, 5.74) is 1.09. The highest BCUT2D eigenvalue weighted by molar-refractivity contribution is 5.97. The lowest BCUT2D eigenvalue weighted by Gasteiger charge is -2.04. The molecule has 0 saturated heterocycles. The molecule has 1 fully saturated rings. The first-order valence-electron chi connectivity index (χ1n) is 4.98. The quantitative estimate of drug-likeness (QED) is 0.589. The Bertz CT molecular complexity index is 191. The van der Waals surface area contributed by atoms with Gasteiger partial charge in [-0.25, -0.2) is 0 Å². The monoisotopic (exact) mass is 166 g/mol. The second-order valence-electron chi connectivity index (χ2n) is 3.73. The Morgan fingerprint density at radius 1 is 1.50 bits per heavy atom. The molecule has 1 rings (SSSR count). The maximum Gasteiger partial charge on any atom is 0.158 e. The number of carbonyl (C=O) groups excluding carboxylic acids is 1. The number of hydrogen-bond acceptors (Lipinski definition) is 1. The van der Waals surface area contributed by atoms with E-state index >= 15 is 0 Å². The Hall–Kier alpha value is -0.590. The summed E-state index contributed by atoms with van der Waals surface area (Å²) in [7, 11) is 0. The molecule has 0 radical (unpaired) electrons. The number of ketones is 1. The van der Waals surface area contributed by atoms with E-state index in [4.69, 9.17) is 0 Å². The van der Waals surface area contributed by atoms with Crippen molar-refractivity contribution in [3.8, 4) is 0 Å². The molecule has 0 aromatic heterocycles. The maximum absolute atomic E-state index is 11.2. The van der Waals surface area contributed by atoms with E-state index < -0.39 is 0 Å². The van der Waals surface area contributed by atoms with Crippen molar-refractivity contribution in [2.75, 3.05) is 0 Å². The van der Waals surface area contributed by atoms with Gasteiger partial charge in [-0.15, -0.1) is 0 Å². The fraction of sp³-hybridized carbons (Fsp3) is 0.727. The van der Waals surface area contributed by atoms with Crippen LogP contribution < -0.4 is 0 Å². The molecule has 1 atom stereocenters. The Labute approximate surface area is 74.9 Å². The summed E-state index contributed by atoms with van der Waals surface area (Å²) in [5.74, 6) is 0.977. The minimum Gasteiger partial charge on any atom is -0.295 e. The zero-order valence-corrected chi connectivity index (χ0v) is 8.10. The van der Waals surface area contributed by atoms with E-state index in [0.29, 0.717) is 11.7 Å². The lowest BCUT2D eigenvalue weighted by molar-refractivity contribution is -0.114. The van der Waals surface area contributed by atoms with E-state index in [0.717, 1.165) is 24.8 Å². The summed E-state index contributed by atoms with van der Waals surface area (Å²) in [6, 6.07) is 0. The summed E-state index contributed by atoms with van der Waals surface area (Å²) in [6.45, 7) is 4.38. The van der Waals surface area contributed by atoms with Crippen LogP contribution in [0.25, 0.3) is 0 Å². The molecule has 68 valence electrons. The minimum atomic E-state index is 0.387. The second-order valence-corrected chi connectivity index (χ2v) is 3.73. The van der Waals surface area contributed by atoms with E-state index in [9.17, 15) is 4.79 Å². The molecular formula is C11H18O. The van der Waals surface area contributed by atoms with Crippen LogP contribution in [0.1, 0.15) is 46.0 Å². The van der Waals surface area contributed by atoms with Gasteiger partial charge in [-0.3, -0.25) is 4.79 Å². The number of allylic oxidation sites excluding steroid dienone is 2. The third-order valence-electron chi connectivity index (χ3n) is 2.44. The minimum absolute atomic E-state index is 0.387. The van der Waals surface area contributed by atoms with Crippen molar-refractivity contribution in [3.05, 3.63) is 11.6 Å². The van der Waals surface area contributed by atoms with Crippen LogP contribution in [0.4, 0.5) is 0 Å². The highest BCUT2D eigenvalue weighted by Gasteiger charge is 2.16. The van der Waals surface area contributed by atoms with Gasteiger partial charge in [0, 0.05) is 6.42 Å². The van der Waals surface area contributed by atoms with E-state index in [-0.39, 0.29) is 0 Å². The van der Waals surface area contributed by atoms with Gasteiger partial charge in [-0.1, -0.05) is 26.3 Å². The van der Waals surface area contributed by atoms with E-state index in [2.05, 4.69) is 19.9 Å². The van der Waals surface area contributed by atoms with Gasteiger partial charge in [0.2, 0.25) is 0 Å². The standard InChI is InChI=1S/C11H18O/c1-3-5-9(2)8-10-6-4-7-11(10)12/h8-9H,3-7H2,1-2H3/b10-8+. The van der Waals surface area contributed by atoms with Crippen LogP contribution in [0.2, 0.25) is 0 Å². The average molecular weight is 166 g/mol. The second kappa shape index (κ2) is 4.44. The first-order valence-corrected chi connectivity index (χ1v) is 4.98. The van der Waals surface area contributed by atoms with Gasteiger partial charge in [0.1, 0.15) is 0 Å². The van der Waals surface area contributed by atoms with E-state index in [1.54, 1.807) is 0 Å². The molecule has 1 saturated carbocycles. The SMILES string of the molecule is CCCC(C)/C=C1\CCCC1=O. The Kier molecular flexibility index (Phi) is 3.51. The lowest BCUT2D eigenvalue weighted by atomic mass is 10.0.